The van der Waals surface area contributed by atoms with Gasteiger partial charge in [-0.15, -0.1) is 0 Å². The van der Waals surface area contributed by atoms with E-state index in [1.165, 1.54) is 0 Å². The highest BCUT2D eigenvalue weighted by atomic mass is 16.7. The Kier molecular flexibility index (Phi) is 11.3. The summed E-state index contributed by atoms with van der Waals surface area (Å²) in [6.07, 6.45) is -3.39. The molecule has 0 radical (unpaired) electrons. The van der Waals surface area contributed by atoms with Crippen LogP contribution in [0.5, 0.6) is 0 Å². The summed E-state index contributed by atoms with van der Waals surface area (Å²) in [5, 5.41) is 0. The van der Waals surface area contributed by atoms with Crippen molar-refractivity contribution in [3.63, 3.8) is 0 Å². The Labute approximate surface area is 185 Å². The molecule has 2 N–H and O–H groups in total. The number of methoxy groups -OCH3 is 1. The number of esters is 5. The van der Waals surface area contributed by atoms with Gasteiger partial charge in [-0.05, 0) is 0 Å². The van der Waals surface area contributed by atoms with Crippen LogP contribution < -0.4 is 5.73 Å². The first kappa shape index (κ1) is 27.0. The summed E-state index contributed by atoms with van der Waals surface area (Å²) >= 11 is 0. The molecule has 0 amide bonds. The summed E-state index contributed by atoms with van der Waals surface area (Å²) in [5.41, 5.74) is 6.11. The predicted octanol–water partition coefficient (Wildman–Crippen LogP) is -0.0922. The Hall–Kier alpha value is -2.99. The van der Waals surface area contributed by atoms with Crippen molar-refractivity contribution in [2.24, 2.45) is 5.73 Å². The molecule has 1 heterocycles. The van der Waals surface area contributed by atoms with Gasteiger partial charge in [-0.3, -0.25) is 14.4 Å². The van der Waals surface area contributed by atoms with Gasteiger partial charge in [0.1, 0.15) is 18.8 Å². The average molecular weight is 459 g/mol. The van der Waals surface area contributed by atoms with E-state index in [0.29, 0.717) is 0 Å². The monoisotopic (exact) mass is 459 g/mol. The third kappa shape index (κ3) is 8.27. The molecule has 1 rings (SSSR count). The van der Waals surface area contributed by atoms with Crippen LogP contribution in [0.3, 0.4) is 0 Å². The highest BCUT2D eigenvalue weighted by Gasteiger charge is 2.50. The standard InChI is InChI=1S/C20H29NO11/c1-5-12(22)28-10-11-18(30-13(23)6-2)19(31-14(24)7-3)17(21)20(29-11)32-16(26)9-8-15(25)27-4/h8-9,11,17-20H,5-7,10,21H2,1-4H3/b9-8+/t11-,17-,18-,19?,20+/m1/s1. The lowest BCUT2D eigenvalue weighted by Crippen LogP contribution is -2.65. The largest absolute Gasteiger partial charge is 0.466 e. The molecule has 12 nitrogen and oxygen atoms in total. The van der Waals surface area contributed by atoms with Crippen LogP contribution in [0.1, 0.15) is 40.0 Å². The lowest BCUT2D eigenvalue weighted by atomic mass is 9.97. The summed E-state index contributed by atoms with van der Waals surface area (Å²) in [6, 6.07) is -1.26. The highest BCUT2D eigenvalue weighted by Crippen LogP contribution is 2.27. The molecule has 0 aromatic heterocycles. The van der Waals surface area contributed by atoms with Gasteiger partial charge in [-0.25, -0.2) is 9.59 Å². The van der Waals surface area contributed by atoms with Crippen LogP contribution in [-0.4, -0.2) is 74.2 Å². The molecule has 5 atom stereocenters. The van der Waals surface area contributed by atoms with Crippen LogP contribution in [0.4, 0.5) is 0 Å². The minimum atomic E-state index is -1.47. The van der Waals surface area contributed by atoms with Gasteiger partial charge in [0.15, 0.2) is 12.2 Å². The molecule has 0 saturated carbocycles. The minimum Gasteiger partial charge on any atom is -0.466 e. The molecular weight excluding hydrogens is 430 g/mol. The molecule has 1 saturated heterocycles. The molecule has 0 bridgehead atoms. The predicted molar refractivity (Wildman–Crippen MR) is 105 cm³/mol. The smallest absolute Gasteiger partial charge is 0.333 e. The van der Waals surface area contributed by atoms with E-state index >= 15 is 0 Å². The molecule has 1 fully saturated rings. The van der Waals surface area contributed by atoms with Gasteiger partial charge in [-0.1, -0.05) is 20.8 Å². The van der Waals surface area contributed by atoms with Gasteiger partial charge in [0.2, 0.25) is 6.29 Å². The third-order valence-electron chi connectivity index (χ3n) is 4.29. The molecule has 1 aliphatic rings. The second kappa shape index (κ2) is 13.4. The van der Waals surface area contributed by atoms with E-state index < -0.39 is 60.5 Å². The Morgan fingerprint density at radius 2 is 1.34 bits per heavy atom. The van der Waals surface area contributed by atoms with Gasteiger partial charge in [0.25, 0.3) is 0 Å². The molecule has 32 heavy (non-hydrogen) atoms. The quantitative estimate of drug-likeness (QED) is 0.262. The van der Waals surface area contributed by atoms with Gasteiger partial charge in [0.05, 0.1) is 7.11 Å². The molecule has 0 spiro atoms. The van der Waals surface area contributed by atoms with Crippen LogP contribution in [-0.2, 0) is 52.4 Å². The van der Waals surface area contributed by atoms with Crippen molar-refractivity contribution < 1.29 is 52.4 Å². The van der Waals surface area contributed by atoms with Crippen molar-refractivity contribution in [2.45, 2.75) is 70.7 Å². The zero-order valence-corrected chi connectivity index (χ0v) is 18.4. The highest BCUT2D eigenvalue weighted by molar-refractivity contribution is 5.91. The van der Waals surface area contributed by atoms with E-state index in [1.807, 2.05) is 0 Å². The second-order valence-electron chi connectivity index (χ2n) is 6.57. The molecule has 12 heteroatoms. The number of hydrogen-bond donors (Lipinski definition) is 1. The number of rotatable bonds is 10. The molecule has 1 unspecified atom stereocenters. The number of nitrogens with two attached hydrogens (primary N) is 1. The Morgan fingerprint density at radius 3 is 1.88 bits per heavy atom. The topological polar surface area (TPSA) is 167 Å². The van der Waals surface area contributed by atoms with Gasteiger partial charge in [0, 0.05) is 31.4 Å². The lowest BCUT2D eigenvalue weighted by molar-refractivity contribution is -0.267. The van der Waals surface area contributed by atoms with Crippen molar-refractivity contribution >= 4 is 29.8 Å². The number of carbonyl (C=O) groups is 5. The van der Waals surface area contributed by atoms with E-state index in [4.69, 9.17) is 29.4 Å². The van der Waals surface area contributed by atoms with Crippen LogP contribution in [0.25, 0.3) is 0 Å². The third-order valence-corrected chi connectivity index (χ3v) is 4.29. The molecule has 0 aromatic carbocycles. The van der Waals surface area contributed by atoms with E-state index in [0.717, 1.165) is 19.3 Å². The van der Waals surface area contributed by atoms with Crippen molar-refractivity contribution in [1.29, 1.82) is 0 Å². The molecule has 0 aliphatic carbocycles. The maximum Gasteiger partial charge on any atom is 0.333 e. The van der Waals surface area contributed by atoms with Crippen molar-refractivity contribution in [2.75, 3.05) is 13.7 Å². The SMILES string of the molecule is CCC(=O)OC[C@H]1O[C@@H](OC(=O)/C=C/C(=O)OC)[C@H](N)C(OC(=O)CC)[C@@H]1OC(=O)CC. The van der Waals surface area contributed by atoms with Gasteiger partial charge in [-0.2, -0.15) is 0 Å². The fourth-order valence-electron chi connectivity index (χ4n) is 2.56. The summed E-state index contributed by atoms with van der Waals surface area (Å²) < 4.78 is 31.0. The van der Waals surface area contributed by atoms with Crippen LogP contribution in [0, 0.1) is 0 Å². The fourth-order valence-corrected chi connectivity index (χ4v) is 2.56. The molecular formula is C20H29NO11. The van der Waals surface area contributed by atoms with E-state index in [2.05, 4.69) is 4.74 Å². The second-order valence-corrected chi connectivity index (χ2v) is 6.57. The number of ether oxygens (including phenoxy) is 6. The maximum atomic E-state index is 12.1. The van der Waals surface area contributed by atoms with E-state index in [1.54, 1.807) is 20.8 Å². The Bertz CT molecular complexity index is 720. The molecule has 1 aliphatic heterocycles. The summed E-state index contributed by atoms with van der Waals surface area (Å²) in [7, 11) is 1.13. The summed E-state index contributed by atoms with van der Waals surface area (Å²) in [6.45, 7) is 4.31. The van der Waals surface area contributed by atoms with Crippen LogP contribution >= 0.6 is 0 Å². The first-order chi connectivity index (χ1) is 15.2. The zero-order valence-electron chi connectivity index (χ0n) is 18.4. The van der Waals surface area contributed by atoms with Crippen molar-refractivity contribution in [3.8, 4) is 0 Å². The van der Waals surface area contributed by atoms with Crippen LogP contribution in [0.15, 0.2) is 12.2 Å². The zero-order chi connectivity index (χ0) is 24.3. The molecule has 0 aromatic rings. The van der Waals surface area contributed by atoms with Gasteiger partial charge >= 0.3 is 29.8 Å². The Balaban J connectivity index is 3.16. The van der Waals surface area contributed by atoms with E-state index in [-0.39, 0.29) is 25.9 Å². The number of carbonyl (C=O) groups excluding carboxylic acids is 5. The Morgan fingerprint density at radius 1 is 0.812 bits per heavy atom. The van der Waals surface area contributed by atoms with Crippen LogP contribution in [0.2, 0.25) is 0 Å². The van der Waals surface area contributed by atoms with Crippen molar-refractivity contribution in [1.82, 2.24) is 0 Å². The summed E-state index contributed by atoms with van der Waals surface area (Å²) in [4.78, 5) is 58.8. The minimum absolute atomic E-state index is 0.000327. The first-order valence-corrected chi connectivity index (χ1v) is 10.1. The average Bonchev–Trinajstić information content (AvgIpc) is 2.79. The maximum absolute atomic E-state index is 12.1. The normalized spacial score (nSPS) is 25.0. The fraction of sp³-hybridized carbons (Fsp3) is 0.650. The number of hydrogen-bond acceptors (Lipinski definition) is 12. The van der Waals surface area contributed by atoms with Gasteiger partial charge < -0.3 is 34.2 Å². The van der Waals surface area contributed by atoms with Crippen molar-refractivity contribution in [3.05, 3.63) is 12.2 Å². The summed E-state index contributed by atoms with van der Waals surface area (Å²) in [5.74, 6) is -3.62. The molecule has 180 valence electrons. The lowest BCUT2D eigenvalue weighted by Gasteiger charge is -2.43. The first-order valence-electron chi connectivity index (χ1n) is 10.1. The van der Waals surface area contributed by atoms with E-state index in [9.17, 15) is 24.0 Å².